The average Bonchev–Trinajstić information content (AvgIpc) is 2.93. The van der Waals surface area contributed by atoms with Gasteiger partial charge in [0.1, 0.15) is 0 Å². The van der Waals surface area contributed by atoms with Crippen molar-refractivity contribution in [2.45, 2.75) is 6.54 Å². The van der Waals surface area contributed by atoms with Crippen LogP contribution in [-0.2, 0) is 6.54 Å². The van der Waals surface area contributed by atoms with Gasteiger partial charge >= 0.3 is 0 Å². The summed E-state index contributed by atoms with van der Waals surface area (Å²) < 4.78 is 0. The number of aromatic amines is 2. The van der Waals surface area contributed by atoms with E-state index in [0.29, 0.717) is 17.8 Å². The van der Waals surface area contributed by atoms with Crippen molar-refractivity contribution in [2.75, 3.05) is 25.9 Å². The molecule has 23 heavy (non-hydrogen) atoms. The second-order valence-corrected chi connectivity index (χ2v) is 5.74. The number of nitrogen functional groups attached to an aromatic ring is 1. The number of H-pyrrole nitrogens is 2. The Morgan fingerprint density at radius 1 is 1.26 bits per heavy atom. The molecule has 0 aliphatic carbocycles. The summed E-state index contributed by atoms with van der Waals surface area (Å²) in [5, 5.41) is 10.0. The van der Waals surface area contributed by atoms with Gasteiger partial charge in [0.15, 0.2) is 0 Å². The molecule has 0 fully saturated rings. The molecule has 0 amide bonds. The second-order valence-electron chi connectivity index (χ2n) is 5.74. The Morgan fingerprint density at radius 2 is 2.09 bits per heavy atom. The zero-order valence-corrected chi connectivity index (χ0v) is 13.0. The van der Waals surface area contributed by atoms with Gasteiger partial charge in [0.25, 0.3) is 5.56 Å². The molecule has 6 nitrogen and oxygen atoms in total. The lowest BCUT2D eigenvalue weighted by Crippen LogP contribution is -2.21. The van der Waals surface area contributed by atoms with Gasteiger partial charge in [0.05, 0.1) is 17.9 Å². The van der Waals surface area contributed by atoms with E-state index in [2.05, 4.69) is 20.9 Å². The van der Waals surface area contributed by atoms with E-state index in [4.69, 9.17) is 10.8 Å². The molecule has 0 saturated heterocycles. The maximum absolute atomic E-state index is 12.0. The van der Waals surface area contributed by atoms with Gasteiger partial charge < -0.3 is 20.8 Å². The average molecular weight is 312 g/mol. The van der Waals surface area contributed by atoms with Crippen LogP contribution in [-0.4, -0.2) is 40.2 Å². The molecule has 0 saturated carbocycles. The van der Waals surface area contributed by atoms with Gasteiger partial charge in [-0.25, -0.2) is 0 Å². The maximum atomic E-state index is 12.0. The Bertz CT molecular complexity index is 882. The first-order chi connectivity index (χ1) is 11.1. The molecule has 6 heteroatoms. The number of likely N-dealkylation sites (N-methyl/N-ethyl adjacent to an activating group) is 1. The Labute approximate surface area is 133 Å². The summed E-state index contributed by atoms with van der Waals surface area (Å²) in [6, 6.07) is 9.75. The Morgan fingerprint density at radius 3 is 2.87 bits per heavy atom. The summed E-state index contributed by atoms with van der Waals surface area (Å²) in [7, 11) is 1.97. The monoisotopic (exact) mass is 312 g/mol. The van der Waals surface area contributed by atoms with Crippen LogP contribution in [0.15, 0.2) is 41.3 Å². The van der Waals surface area contributed by atoms with Crippen LogP contribution in [0.1, 0.15) is 5.56 Å². The molecular weight excluding hydrogens is 292 g/mol. The van der Waals surface area contributed by atoms with Crippen LogP contribution in [0.3, 0.4) is 0 Å². The predicted octanol–water partition coefficient (Wildman–Crippen LogP) is 1.53. The second kappa shape index (κ2) is 6.28. The van der Waals surface area contributed by atoms with E-state index in [0.717, 1.165) is 28.7 Å². The van der Waals surface area contributed by atoms with Gasteiger partial charge in [-0.2, -0.15) is 0 Å². The van der Waals surface area contributed by atoms with E-state index in [-0.39, 0.29) is 12.2 Å². The summed E-state index contributed by atoms with van der Waals surface area (Å²) in [4.78, 5) is 19.9. The molecule has 3 aromatic rings. The van der Waals surface area contributed by atoms with Crippen LogP contribution in [0.4, 0.5) is 5.69 Å². The van der Waals surface area contributed by atoms with Gasteiger partial charge in [-0.05, 0) is 36.9 Å². The molecule has 3 rings (SSSR count). The van der Waals surface area contributed by atoms with Crippen LogP contribution in [0.25, 0.3) is 22.2 Å². The number of hydrogen-bond donors (Lipinski definition) is 4. The van der Waals surface area contributed by atoms with Crippen molar-refractivity contribution in [1.29, 1.82) is 0 Å². The smallest absolute Gasteiger partial charge is 0.257 e. The highest BCUT2D eigenvalue weighted by molar-refractivity contribution is 5.86. The number of anilines is 1. The summed E-state index contributed by atoms with van der Waals surface area (Å²) in [5.74, 6) is 0. The minimum Gasteiger partial charge on any atom is -0.398 e. The van der Waals surface area contributed by atoms with E-state index in [1.807, 2.05) is 25.2 Å². The number of nitrogens with one attached hydrogen (secondary N) is 2. The third-order valence-corrected chi connectivity index (χ3v) is 3.84. The van der Waals surface area contributed by atoms with Crippen molar-refractivity contribution in [3.63, 3.8) is 0 Å². The standard InChI is InChI=1S/C17H20N4O2/c1-21(4-5-22)10-11-2-3-15-12(6-11)7-16(20-15)14-8-13(18)9-19-17(14)23/h2-3,6-9,20,22H,4-5,10,18H2,1H3,(H,19,23). The Hall–Kier alpha value is -2.57. The maximum Gasteiger partial charge on any atom is 0.257 e. The highest BCUT2D eigenvalue weighted by Crippen LogP contribution is 2.24. The number of nitrogens with zero attached hydrogens (tertiary/aromatic N) is 1. The Kier molecular flexibility index (Phi) is 4.18. The van der Waals surface area contributed by atoms with Gasteiger partial charge in [0.2, 0.25) is 0 Å². The SMILES string of the molecule is CN(CCO)Cc1ccc2[nH]c(-c3cc(N)c[nH]c3=O)cc2c1. The lowest BCUT2D eigenvalue weighted by Gasteiger charge is -2.14. The first-order valence-electron chi connectivity index (χ1n) is 7.46. The van der Waals surface area contributed by atoms with Gasteiger partial charge in [-0.3, -0.25) is 9.69 Å². The molecule has 0 atom stereocenters. The summed E-state index contributed by atoms with van der Waals surface area (Å²) >= 11 is 0. The zero-order valence-electron chi connectivity index (χ0n) is 13.0. The molecule has 1 aromatic carbocycles. The molecule has 0 aliphatic rings. The van der Waals surface area contributed by atoms with E-state index in [1.54, 1.807) is 6.07 Å². The zero-order chi connectivity index (χ0) is 16.4. The quantitative estimate of drug-likeness (QED) is 0.574. The van der Waals surface area contributed by atoms with Gasteiger partial charge in [-0.1, -0.05) is 6.07 Å². The Balaban J connectivity index is 1.96. The molecule has 2 aromatic heterocycles. The third-order valence-electron chi connectivity index (χ3n) is 3.84. The minimum absolute atomic E-state index is 0.144. The lowest BCUT2D eigenvalue weighted by molar-refractivity contribution is 0.217. The molecule has 0 bridgehead atoms. The summed E-state index contributed by atoms with van der Waals surface area (Å²) in [6.45, 7) is 1.54. The highest BCUT2D eigenvalue weighted by atomic mass is 16.3. The van der Waals surface area contributed by atoms with Crippen molar-refractivity contribution >= 4 is 16.6 Å². The van der Waals surface area contributed by atoms with Gasteiger partial charge in [-0.15, -0.1) is 0 Å². The summed E-state index contributed by atoms with van der Waals surface area (Å²) in [6.07, 6.45) is 1.49. The molecule has 5 N–H and O–H groups in total. The van der Waals surface area contributed by atoms with Crippen LogP contribution >= 0.6 is 0 Å². The number of hydrogen-bond acceptors (Lipinski definition) is 4. The number of aromatic nitrogens is 2. The largest absolute Gasteiger partial charge is 0.398 e. The molecule has 0 aliphatic heterocycles. The van der Waals surface area contributed by atoms with E-state index >= 15 is 0 Å². The highest BCUT2D eigenvalue weighted by Gasteiger charge is 2.09. The predicted molar refractivity (Wildman–Crippen MR) is 92.2 cm³/mol. The molecular formula is C17H20N4O2. The topological polar surface area (TPSA) is 98.1 Å². The molecule has 120 valence electrons. The minimum atomic E-state index is -0.173. The first-order valence-corrected chi connectivity index (χ1v) is 7.46. The third kappa shape index (κ3) is 3.28. The van der Waals surface area contributed by atoms with Crippen molar-refractivity contribution in [3.05, 3.63) is 52.4 Å². The molecule has 0 unspecified atom stereocenters. The molecule has 2 heterocycles. The number of pyridine rings is 1. The fourth-order valence-electron chi connectivity index (χ4n) is 2.69. The fraction of sp³-hybridized carbons (Fsp3) is 0.235. The van der Waals surface area contributed by atoms with E-state index < -0.39 is 0 Å². The van der Waals surface area contributed by atoms with Crippen LogP contribution in [0.5, 0.6) is 0 Å². The lowest BCUT2D eigenvalue weighted by atomic mass is 10.1. The van der Waals surface area contributed by atoms with Crippen LogP contribution in [0.2, 0.25) is 0 Å². The van der Waals surface area contributed by atoms with Crippen molar-refractivity contribution < 1.29 is 5.11 Å². The van der Waals surface area contributed by atoms with Crippen LogP contribution in [0, 0.1) is 0 Å². The number of aliphatic hydroxyl groups is 1. The number of benzene rings is 1. The van der Waals surface area contributed by atoms with Gasteiger partial charge in [0, 0.05) is 35.9 Å². The molecule has 0 spiro atoms. The summed E-state index contributed by atoms with van der Waals surface area (Å²) in [5.41, 5.74) is 9.50. The van der Waals surface area contributed by atoms with E-state index in [1.165, 1.54) is 6.20 Å². The number of fused-ring (bicyclic) bond motifs is 1. The van der Waals surface area contributed by atoms with Crippen molar-refractivity contribution in [2.24, 2.45) is 0 Å². The van der Waals surface area contributed by atoms with Crippen molar-refractivity contribution in [1.82, 2.24) is 14.9 Å². The van der Waals surface area contributed by atoms with Crippen molar-refractivity contribution in [3.8, 4) is 11.3 Å². The normalized spacial score (nSPS) is 11.4. The molecule has 0 radical (unpaired) electrons. The van der Waals surface area contributed by atoms with E-state index in [9.17, 15) is 4.79 Å². The first kappa shape index (κ1) is 15.3. The number of nitrogens with two attached hydrogens (primary N) is 1. The number of rotatable bonds is 5. The van der Waals surface area contributed by atoms with Crippen LogP contribution < -0.4 is 11.3 Å². The fourth-order valence-corrected chi connectivity index (χ4v) is 2.69. The number of aliphatic hydroxyl groups excluding tert-OH is 1.